The summed E-state index contributed by atoms with van der Waals surface area (Å²) in [4.78, 5) is 2.37. The fourth-order valence-electron chi connectivity index (χ4n) is 2.07. The average Bonchev–Trinajstić information content (AvgIpc) is 2.59. The van der Waals surface area contributed by atoms with Gasteiger partial charge in [0.15, 0.2) is 0 Å². The van der Waals surface area contributed by atoms with Gasteiger partial charge in [0, 0.05) is 33.9 Å². The molecule has 2 unspecified atom stereocenters. The Balaban J connectivity index is 2.47. The predicted molar refractivity (Wildman–Crippen MR) is 60.9 cm³/mol. The van der Waals surface area contributed by atoms with E-state index in [0.29, 0.717) is 6.54 Å². The summed E-state index contributed by atoms with van der Waals surface area (Å²) in [6.45, 7) is 7.97. The van der Waals surface area contributed by atoms with E-state index in [-0.39, 0.29) is 17.6 Å². The first-order valence-corrected chi connectivity index (χ1v) is 5.50. The van der Waals surface area contributed by atoms with E-state index < -0.39 is 0 Å². The lowest BCUT2D eigenvalue weighted by molar-refractivity contribution is -0.00461. The minimum atomic E-state index is 0.168. The van der Waals surface area contributed by atoms with Crippen LogP contribution in [0.5, 0.6) is 0 Å². The minimum Gasteiger partial charge on any atom is -0.377 e. The summed E-state index contributed by atoms with van der Waals surface area (Å²) in [6, 6.07) is 0. The fourth-order valence-corrected chi connectivity index (χ4v) is 2.07. The topological polar surface area (TPSA) is 47.7 Å². The lowest BCUT2D eigenvalue weighted by atomic mass is 9.93. The molecule has 4 heteroatoms. The number of hydrogen-bond donors (Lipinski definition) is 1. The average molecular weight is 216 g/mol. The second-order valence-corrected chi connectivity index (χ2v) is 5.11. The molecule has 90 valence electrons. The van der Waals surface area contributed by atoms with Crippen molar-refractivity contribution in [1.29, 1.82) is 0 Å². The monoisotopic (exact) mass is 216 g/mol. The molecule has 2 N–H and O–H groups in total. The van der Waals surface area contributed by atoms with Gasteiger partial charge in [-0.3, -0.25) is 4.90 Å². The van der Waals surface area contributed by atoms with E-state index >= 15 is 0 Å². The van der Waals surface area contributed by atoms with Gasteiger partial charge in [-0.15, -0.1) is 0 Å². The molecule has 0 bridgehead atoms. The summed E-state index contributed by atoms with van der Waals surface area (Å²) in [5.74, 6) is 0. The Morgan fingerprint density at radius 1 is 1.20 bits per heavy atom. The molecule has 1 fully saturated rings. The third kappa shape index (κ3) is 3.41. The molecule has 1 saturated heterocycles. The highest BCUT2D eigenvalue weighted by Gasteiger charge is 2.34. The van der Waals surface area contributed by atoms with Gasteiger partial charge in [-0.2, -0.15) is 0 Å². The maximum absolute atomic E-state index is 5.73. The van der Waals surface area contributed by atoms with Crippen LogP contribution < -0.4 is 5.73 Å². The molecule has 0 aliphatic carbocycles. The van der Waals surface area contributed by atoms with Crippen molar-refractivity contribution in [2.24, 2.45) is 11.1 Å². The van der Waals surface area contributed by atoms with Crippen LogP contribution in [0.15, 0.2) is 0 Å². The Bertz CT molecular complexity index is 185. The molecule has 0 aromatic rings. The maximum Gasteiger partial charge on any atom is 0.0971 e. The predicted octanol–water partition coefficient (Wildman–Crippen LogP) is 0.317. The molecule has 1 aliphatic heterocycles. The van der Waals surface area contributed by atoms with Gasteiger partial charge in [-0.1, -0.05) is 13.8 Å². The number of likely N-dealkylation sites (tertiary alicyclic amines) is 1. The Morgan fingerprint density at radius 3 is 2.00 bits per heavy atom. The van der Waals surface area contributed by atoms with Gasteiger partial charge >= 0.3 is 0 Å². The van der Waals surface area contributed by atoms with Crippen molar-refractivity contribution in [3.63, 3.8) is 0 Å². The van der Waals surface area contributed by atoms with Crippen molar-refractivity contribution < 1.29 is 9.47 Å². The number of methoxy groups -OCH3 is 2. The molecule has 1 heterocycles. The summed E-state index contributed by atoms with van der Waals surface area (Å²) < 4.78 is 10.8. The van der Waals surface area contributed by atoms with Crippen molar-refractivity contribution in [3.05, 3.63) is 0 Å². The van der Waals surface area contributed by atoms with E-state index in [1.807, 2.05) is 0 Å². The number of nitrogens with two attached hydrogens (primary N) is 1. The summed E-state index contributed by atoms with van der Waals surface area (Å²) in [7, 11) is 3.49. The highest BCUT2D eigenvalue weighted by atomic mass is 16.5. The van der Waals surface area contributed by atoms with E-state index in [1.165, 1.54) is 0 Å². The molecule has 1 aliphatic rings. The third-order valence-electron chi connectivity index (χ3n) is 3.10. The quantitative estimate of drug-likeness (QED) is 0.719. The van der Waals surface area contributed by atoms with Crippen LogP contribution in [-0.4, -0.2) is 57.5 Å². The zero-order chi connectivity index (χ0) is 11.5. The van der Waals surface area contributed by atoms with Gasteiger partial charge in [0.05, 0.1) is 12.2 Å². The number of hydrogen-bond acceptors (Lipinski definition) is 4. The van der Waals surface area contributed by atoms with Gasteiger partial charge in [0.25, 0.3) is 0 Å². The molecule has 0 radical (unpaired) electrons. The van der Waals surface area contributed by atoms with Crippen LogP contribution in [0.1, 0.15) is 13.8 Å². The molecule has 4 nitrogen and oxygen atoms in total. The maximum atomic E-state index is 5.73. The number of nitrogens with zero attached hydrogens (tertiary/aromatic N) is 1. The molecule has 2 atom stereocenters. The zero-order valence-corrected chi connectivity index (χ0v) is 10.3. The van der Waals surface area contributed by atoms with E-state index in [1.54, 1.807) is 14.2 Å². The van der Waals surface area contributed by atoms with E-state index in [4.69, 9.17) is 15.2 Å². The fraction of sp³-hybridized carbons (Fsp3) is 1.00. The van der Waals surface area contributed by atoms with Gasteiger partial charge in [-0.05, 0) is 12.0 Å². The molecule has 0 spiro atoms. The van der Waals surface area contributed by atoms with Crippen LogP contribution in [0.3, 0.4) is 0 Å². The molecular weight excluding hydrogens is 192 g/mol. The van der Waals surface area contributed by atoms with Crippen LogP contribution >= 0.6 is 0 Å². The van der Waals surface area contributed by atoms with Gasteiger partial charge in [-0.25, -0.2) is 0 Å². The van der Waals surface area contributed by atoms with Crippen LogP contribution in [0, 0.1) is 5.41 Å². The first-order valence-electron chi connectivity index (χ1n) is 5.50. The zero-order valence-electron chi connectivity index (χ0n) is 10.3. The summed E-state index contributed by atoms with van der Waals surface area (Å²) in [5, 5.41) is 0. The van der Waals surface area contributed by atoms with E-state index in [0.717, 1.165) is 19.6 Å². The van der Waals surface area contributed by atoms with Crippen LogP contribution in [0.2, 0.25) is 0 Å². The largest absolute Gasteiger partial charge is 0.377 e. The molecule has 0 amide bonds. The van der Waals surface area contributed by atoms with Gasteiger partial charge in [0.2, 0.25) is 0 Å². The number of rotatable bonds is 5. The highest BCUT2D eigenvalue weighted by Crippen LogP contribution is 2.21. The summed E-state index contributed by atoms with van der Waals surface area (Å²) in [6.07, 6.45) is 0.396. The number of ether oxygens (including phenoxy) is 2. The van der Waals surface area contributed by atoms with Crippen LogP contribution in [0.4, 0.5) is 0 Å². The lowest BCUT2D eigenvalue weighted by Crippen LogP contribution is -2.38. The Hall–Kier alpha value is -0.160. The highest BCUT2D eigenvalue weighted by molar-refractivity contribution is 4.88. The smallest absolute Gasteiger partial charge is 0.0971 e. The molecule has 0 aromatic heterocycles. The molecule has 0 aromatic carbocycles. The van der Waals surface area contributed by atoms with Gasteiger partial charge in [0.1, 0.15) is 0 Å². The van der Waals surface area contributed by atoms with Crippen molar-refractivity contribution in [1.82, 2.24) is 4.90 Å². The van der Waals surface area contributed by atoms with Crippen LogP contribution in [-0.2, 0) is 9.47 Å². The van der Waals surface area contributed by atoms with Crippen molar-refractivity contribution in [2.45, 2.75) is 26.1 Å². The summed E-state index contributed by atoms with van der Waals surface area (Å²) in [5.41, 5.74) is 5.90. The minimum absolute atomic E-state index is 0.168. The Kier molecular flexibility index (Phi) is 4.52. The Morgan fingerprint density at radius 2 is 1.67 bits per heavy atom. The van der Waals surface area contributed by atoms with E-state index in [2.05, 4.69) is 18.7 Å². The third-order valence-corrected chi connectivity index (χ3v) is 3.10. The molecule has 1 rings (SSSR count). The SMILES string of the molecule is COC1CN(CC(C)(C)CN)CC1OC. The normalized spacial score (nSPS) is 28.6. The van der Waals surface area contributed by atoms with Crippen molar-refractivity contribution in [3.8, 4) is 0 Å². The Labute approximate surface area is 92.7 Å². The molecule has 15 heavy (non-hydrogen) atoms. The second-order valence-electron chi connectivity index (χ2n) is 5.11. The summed E-state index contributed by atoms with van der Waals surface area (Å²) >= 11 is 0. The molecule has 0 saturated carbocycles. The first-order chi connectivity index (χ1) is 7.02. The van der Waals surface area contributed by atoms with Crippen LogP contribution in [0.25, 0.3) is 0 Å². The van der Waals surface area contributed by atoms with Gasteiger partial charge < -0.3 is 15.2 Å². The first kappa shape index (κ1) is 12.9. The standard InChI is InChI=1S/C11H24N2O2/c1-11(2,7-12)8-13-5-9(14-3)10(6-13)15-4/h9-10H,5-8,12H2,1-4H3. The van der Waals surface area contributed by atoms with E-state index in [9.17, 15) is 0 Å². The lowest BCUT2D eigenvalue weighted by Gasteiger charge is -2.28. The second kappa shape index (κ2) is 5.25. The molecular formula is C11H24N2O2. The van der Waals surface area contributed by atoms with Crippen molar-refractivity contribution in [2.75, 3.05) is 40.4 Å². The van der Waals surface area contributed by atoms with Crippen molar-refractivity contribution >= 4 is 0 Å².